The number of pyridine rings is 1. The number of nitrogens with one attached hydrogen (secondary N) is 4. The molecule has 0 saturated carbocycles. The number of para-hydroxylation sites is 1. The van der Waals surface area contributed by atoms with Gasteiger partial charge in [0.15, 0.2) is 5.96 Å². The molecule has 1 atom stereocenters. The Morgan fingerprint density at radius 3 is 2.02 bits per heavy atom. The molecule has 6 N–H and O–H groups in total. The molecule has 1 aromatic heterocycles. The molecule has 18 heteroatoms. The summed E-state index contributed by atoms with van der Waals surface area (Å²) >= 11 is 0. The molecule has 244 valence electrons. The molecule has 1 aliphatic rings. The number of benzene rings is 1. The number of hydrogen-bond donors (Lipinski definition) is 6. The second kappa shape index (κ2) is 18.8. The van der Waals surface area contributed by atoms with Crippen LogP contribution in [0, 0.1) is 0 Å². The lowest BCUT2D eigenvalue weighted by atomic mass is 10.2. The Balaban J connectivity index is 0.000000574. The molecule has 0 saturated heterocycles. The van der Waals surface area contributed by atoms with Gasteiger partial charge in [0.2, 0.25) is 5.91 Å². The zero-order chi connectivity index (χ0) is 33.2. The van der Waals surface area contributed by atoms with Crippen LogP contribution in [-0.2, 0) is 14.4 Å². The number of carboxylic acid groups (broad SMARTS) is 2. The predicted molar refractivity (Wildman–Crippen MR) is 149 cm³/mol. The Bertz CT molecular complexity index is 1160. The zero-order valence-corrected chi connectivity index (χ0v) is 23.5. The lowest BCUT2D eigenvalue weighted by Gasteiger charge is -2.31. The van der Waals surface area contributed by atoms with Gasteiger partial charge in [-0.1, -0.05) is 24.3 Å². The van der Waals surface area contributed by atoms with Gasteiger partial charge in [0.1, 0.15) is 5.82 Å². The van der Waals surface area contributed by atoms with Gasteiger partial charge in [-0.2, -0.15) is 26.3 Å². The molecule has 0 bridgehead atoms. The lowest BCUT2D eigenvalue weighted by Crippen LogP contribution is -2.51. The summed E-state index contributed by atoms with van der Waals surface area (Å²) in [6.07, 6.45) is -6.94. The van der Waals surface area contributed by atoms with Crippen LogP contribution in [0.25, 0.3) is 0 Å². The van der Waals surface area contributed by atoms with E-state index in [4.69, 9.17) is 19.8 Å². The maximum absolute atomic E-state index is 12.5. The number of amides is 1. The Morgan fingerprint density at radius 1 is 0.932 bits per heavy atom. The van der Waals surface area contributed by atoms with Crippen molar-refractivity contribution in [3.8, 4) is 0 Å². The van der Waals surface area contributed by atoms with E-state index in [0.717, 1.165) is 31.0 Å². The number of aliphatic carboxylic acids is 2. The van der Waals surface area contributed by atoms with Crippen molar-refractivity contribution in [3.05, 3.63) is 54.7 Å². The molecule has 2 aromatic rings. The van der Waals surface area contributed by atoms with Gasteiger partial charge in [0.25, 0.3) is 0 Å². The second-order valence-corrected chi connectivity index (χ2v) is 8.82. The number of aromatic nitrogens is 1. The Kier molecular flexibility index (Phi) is 16.0. The fourth-order valence-electron chi connectivity index (χ4n) is 3.14. The van der Waals surface area contributed by atoms with Crippen molar-refractivity contribution in [1.29, 1.82) is 0 Å². The third-order valence-electron chi connectivity index (χ3n) is 5.45. The largest absolute Gasteiger partial charge is 0.490 e. The van der Waals surface area contributed by atoms with E-state index in [1.807, 2.05) is 43.4 Å². The van der Waals surface area contributed by atoms with Crippen LogP contribution in [0.15, 0.2) is 59.7 Å². The van der Waals surface area contributed by atoms with Crippen molar-refractivity contribution in [2.24, 2.45) is 4.99 Å². The molecular weight excluding hydrogens is 604 g/mol. The van der Waals surface area contributed by atoms with Gasteiger partial charge in [-0.05, 0) is 37.2 Å². The Morgan fingerprint density at radius 2 is 1.52 bits per heavy atom. The Labute approximate surface area is 248 Å². The molecule has 1 unspecified atom stereocenters. The van der Waals surface area contributed by atoms with Gasteiger partial charge in [0.05, 0.1) is 12.6 Å². The molecule has 0 aliphatic carbocycles. The highest BCUT2D eigenvalue weighted by atomic mass is 19.4. The first-order valence-corrected chi connectivity index (χ1v) is 12.9. The van der Waals surface area contributed by atoms with E-state index in [0.29, 0.717) is 32.0 Å². The summed E-state index contributed by atoms with van der Waals surface area (Å²) in [6, 6.07) is 15.9. The third kappa shape index (κ3) is 16.1. The molecule has 3 rings (SSSR count). The monoisotopic (exact) mass is 637 g/mol. The van der Waals surface area contributed by atoms with E-state index >= 15 is 0 Å². The van der Waals surface area contributed by atoms with Crippen LogP contribution in [0.3, 0.4) is 0 Å². The van der Waals surface area contributed by atoms with Gasteiger partial charge < -0.3 is 36.4 Å². The highest BCUT2D eigenvalue weighted by Gasteiger charge is 2.38. The van der Waals surface area contributed by atoms with Crippen molar-refractivity contribution in [2.45, 2.75) is 31.2 Å². The number of halogens is 6. The number of carboxylic acids is 2. The molecular formula is C26H33F6N7O5. The first kappa shape index (κ1) is 37.4. The molecule has 2 heterocycles. The smallest absolute Gasteiger partial charge is 0.475 e. The van der Waals surface area contributed by atoms with E-state index in [9.17, 15) is 31.1 Å². The normalized spacial score (nSPS) is 14.2. The van der Waals surface area contributed by atoms with E-state index in [1.165, 1.54) is 0 Å². The molecule has 0 fully saturated rings. The SMILES string of the molecule is CN(C(=O)CCNCCCNc1ccccc1)C1CN=C(Nc2ccccn2)NC1.O=C(O)C(F)(F)F.O=C(O)C(F)(F)F. The van der Waals surface area contributed by atoms with Gasteiger partial charge in [0, 0.05) is 45.0 Å². The van der Waals surface area contributed by atoms with Crippen LogP contribution in [0.1, 0.15) is 12.8 Å². The van der Waals surface area contributed by atoms with Crippen LogP contribution in [0.4, 0.5) is 37.8 Å². The average Bonchev–Trinajstić information content (AvgIpc) is 2.97. The number of rotatable bonds is 10. The van der Waals surface area contributed by atoms with Gasteiger partial charge in [-0.25, -0.2) is 14.6 Å². The zero-order valence-electron chi connectivity index (χ0n) is 23.5. The minimum Gasteiger partial charge on any atom is -0.475 e. The van der Waals surface area contributed by atoms with Gasteiger partial charge in [-0.15, -0.1) is 0 Å². The fourth-order valence-corrected chi connectivity index (χ4v) is 3.14. The van der Waals surface area contributed by atoms with Crippen LogP contribution in [-0.4, -0.2) is 102 Å². The highest BCUT2D eigenvalue weighted by molar-refractivity contribution is 5.93. The summed E-state index contributed by atoms with van der Waals surface area (Å²) in [4.78, 5) is 40.8. The van der Waals surface area contributed by atoms with Crippen LogP contribution in [0.2, 0.25) is 0 Å². The molecule has 1 aromatic carbocycles. The molecule has 44 heavy (non-hydrogen) atoms. The summed E-state index contributed by atoms with van der Waals surface area (Å²) in [7, 11) is 1.85. The predicted octanol–water partition coefficient (Wildman–Crippen LogP) is 3.03. The van der Waals surface area contributed by atoms with Crippen molar-refractivity contribution in [1.82, 2.24) is 20.5 Å². The van der Waals surface area contributed by atoms with Crippen LogP contribution < -0.4 is 21.3 Å². The molecule has 0 radical (unpaired) electrons. The number of likely N-dealkylation sites (N-methyl/N-ethyl adjacent to an activating group) is 1. The second-order valence-electron chi connectivity index (χ2n) is 8.82. The van der Waals surface area contributed by atoms with Gasteiger partial charge >= 0.3 is 24.3 Å². The molecule has 12 nitrogen and oxygen atoms in total. The number of nitrogens with zero attached hydrogens (tertiary/aromatic N) is 3. The first-order chi connectivity index (χ1) is 20.6. The quantitative estimate of drug-likeness (QED) is 0.168. The Hall–Kier alpha value is -4.61. The molecule has 1 aliphatic heterocycles. The fraction of sp³-hybridized carbons (Fsp3) is 0.423. The summed E-state index contributed by atoms with van der Waals surface area (Å²) in [5.74, 6) is -3.94. The van der Waals surface area contributed by atoms with E-state index in [2.05, 4.69) is 43.4 Å². The standard InChI is InChI=1S/C22H31N7O.2C2HF3O2/c1-29(19-16-26-22(27-17-19)28-20-10-5-6-13-25-20)21(30)11-15-23-12-7-14-24-18-8-3-2-4-9-18;2*3-2(4,5)1(6)7/h2-6,8-10,13,19,23-24H,7,11-12,14-17H2,1H3,(H2,25,26,27,28);2*(H,6,7). The van der Waals surface area contributed by atoms with E-state index in [-0.39, 0.29) is 11.9 Å². The van der Waals surface area contributed by atoms with Crippen molar-refractivity contribution >= 4 is 35.3 Å². The average molecular weight is 638 g/mol. The number of guanidine groups is 1. The van der Waals surface area contributed by atoms with Crippen molar-refractivity contribution in [3.63, 3.8) is 0 Å². The number of carbonyl (C=O) groups excluding carboxylic acids is 1. The summed E-state index contributed by atoms with van der Waals surface area (Å²) in [5.41, 5.74) is 1.14. The highest BCUT2D eigenvalue weighted by Crippen LogP contribution is 2.14. The molecule has 1 amide bonds. The van der Waals surface area contributed by atoms with Crippen LogP contribution >= 0.6 is 0 Å². The maximum Gasteiger partial charge on any atom is 0.490 e. The number of anilines is 2. The number of carbonyl (C=O) groups is 3. The topological polar surface area (TPSA) is 168 Å². The summed E-state index contributed by atoms with van der Waals surface area (Å²) < 4.78 is 63.5. The number of aliphatic imine (C=N–C) groups is 1. The first-order valence-electron chi connectivity index (χ1n) is 12.9. The van der Waals surface area contributed by atoms with Crippen molar-refractivity contribution in [2.75, 3.05) is 50.4 Å². The van der Waals surface area contributed by atoms with Crippen molar-refractivity contribution < 1.29 is 50.9 Å². The maximum atomic E-state index is 12.5. The minimum atomic E-state index is -5.08. The van der Waals surface area contributed by atoms with E-state index < -0.39 is 24.3 Å². The minimum absolute atomic E-state index is 0.0573. The number of alkyl halides is 6. The number of hydrogen-bond acceptors (Lipinski definition) is 9. The van der Waals surface area contributed by atoms with Crippen LogP contribution in [0.5, 0.6) is 0 Å². The van der Waals surface area contributed by atoms with E-state index in [1.54, 1.807) is 11.1 Å². The third-order valence-corrected chi connectivity index (χ3v) is 5.45. The summed E-state index contributed by atoms with van der Waals surface area (Å²) in [5, 5.41) is 27.4. The summed E-state index contributed by atoms with van der Waals surface area (Å²) in [6.45, 7) is 3.72. The molecule has 0 spiro atoms. The lowest BCUT2D eigenvalue weighted by molar-refractivity contribution is -0.193. The van der Waals surface area contributed by atoms with Gasteiger partial charge in [-0.3, -0.25) is 9.79 Å².